The predicted molar refractivity (Wildman–Crippen MR) is 51.3 cm³/mol. The first kappa shape index (κ1) is 11.1. The summed E-state index contributed by atoms with van der Waals surface area (Å²) in [6.07, 6.45) is 2.75. The molecule has 0 bridgehead atoms. The van der Waals surface area contributed by atoms with Crippen LogP contribution in [0.5, 0.6) is 0 Å². The summed E-state index contributed by atoms with van der Waals surface area (Å²) in [5.74, 6) is 0.809. The highest BCUT2D eigenvalue weighted by Crippen LogP contribution is 1.97. The zero-order valence-corrected chi connectivity index (χ0v) is 8.75. The Morgan fingerprint density at radius 2 is 1.91 bits per heavy atom. The van der Waals surface area contributed by atoms with Gasteiger partial charge in [0.25, 0.3) is 0 Å². The van der Waals surface area contributed by atoms with Gasteiger partial charge in [0.2, 0.25) is 0 Å². The fourth-order valence-corrected chi connectivity index (χ4v) is 1.29. The van der Waals surface area contributed by atoms with Crippen molar-refractivity contribution in [2.24, 2.45) is 0 Å². The molecule has 1 unspecified atom stereocenters. The summed E-state index contributed by atoms with van der Waals surface area (Å²) in [4.78, 5) is 0. The topological polar surface area (TPSA) is 29.1 Å². The van der Waals surface area contributed by atoms with Gasteiger partial charge in [0.15, 0.2) is 0 Å². The van der Waals surface area contributed by atoms with Crippen LogP contribution in [0.1, 0.15) is 27.2 Å². The summed E-state index contributed by atoms with van der Waals surface area (Å²) in [6, 6.07) is 0. The lowest BCUT2D eigenvalue weighted by molar-refractivity contribution is 0.427. The average molecular weight is 177 g/mol. The molecule has 1 atom stereocenters. The lowest BCUT2D eigenvalue weighted by atomic mass is 10.1. The zero-order chi connectivity index (χ0) is 8.91. The Morgan fingerprint density at radius 3 is 2.27 bits per heavy atom. The first-order valence-electron chi connectivity index (χ1n) is 3.97. The van der Waals surface area contributed by atoms with Crippen LogP contribution >= 0.6 is 0 Å². The third-order valence-electron chi connectivity index (χ3n) is 1.26. The molecule has 0 fully saturated rings. The summed E-state index contributed by atoms with van der Waals surface area (Å²) < 4.78 is 10.7. The molecule has 0 amide bonds. The minimum atomic E-state index is -0.634. The standard InChI is InChI=1S/C8H19NOS/c1-8(2,3)9-6-5-7-11(4)10/h9H,5-7H2,1-4H3. The molecular formula is C8H19NOS. The number of hydrogen-bond acceptors (Lipinski definition) is 2. The molecule has 0 rings (SSSR count). The molecule has 0 aliphatic rings. The number of nitrogens with one attached hydrogen (secondary N) is 1. The maximum absolute atomic E-state index is 10.7. The second-order valence-electron chi connectivity index (χ2n) is 3.81. The first-order chi connectivity index (χ1) is 4.92. The van der Waals surface area contributed by atoms with E-state index in [-0.39, 0.29) is 5.54 Å². The molecule has 3 heteroatoms. The number of hydrogen-bond donors (Lipinski definition) is 1. The molecule has 0 aromatic carbocycles. The molecule has 1 N–H and O–H groups in total. The molecular weight excluding hydrogens is 158 g/mol. The van der Waals surface area contributed by atoms with Crippen LogP contribution in [0.15, 0.2) is 0 Å². The minimum absolute atomic E-state index is 0.190. The summed E-state index contributed by atoms with van der Waals surface area (Å²) in [6.45, 7) is 7.37. The largest absolute Gasteiger partial charge is 0.312 e. The number of rotatable bonds is 4. The molecule has 0 aliphatic heterocycles. The molecule has 0 saturated carbocycles. The van der Waals surface area contributed by atoms with E-state index in [4.69, 9.17) is 0 Å². The normalized spacial score (nSPS) is 14.9. The Hall–Kier alpha value is 0.110. The molecule has 0 aliphatic carbocycles. The highest BCUT2D eigenvalue weighted by Gasteiger charge is 2.06. The van der Waals surface area contributed by atoms with E-state index in [0.29, 0.717) is 0 Å². The smallest absolute Gasteiger partial charge is 0.0244 e. The van der Waals surface area contributed by atoms with Gasteiger partial charge < -0.3 is 5.32 Å². The predicted octanol–water partition coefficient (Wildman–Crippen LogP) is 1.14. The molecule has 0 heterocycles. The van der Waals surface area contributed by atoms with Crippen LogP contribution in [0, 0.1) is 0 Å². The fraction of sp³-hybridized carbons (Fsp3) is 1.00. The third-order valence-corrected chi connectivity index (χ3v) is 2.13. The molecule has 11 heavy (non-hydrogen) atoms. The van der Waals surface area contributed by atoms with Gasteiger partial charge in [-0.15, -0.1) is 0 Å². The van der Waals surface area contributed by atoms with Gasteiger partial charge in [-0.1, -0.05) is 0 Å². The van der Waals surface area contributed by atoms with Gasteiger partial charge >= 0.3 is 0 Å². The van der Waals surface area contributed by atoms with Gasteiger partial charge in [-0.2, -0.15) is 0 Å². The van der Waals surface area contributed by atoms with Gasteiger partial charge in [-0.3, -0.25) is 4.21 Å². The van der Waals surface area contributed by atoms with Crippen molar-refractivity contribution in [1.82, 2.24) is 5.32 Å². The Balaban J connectivity index is 3.22. The van der Waals surface area contributed by atoms with Crippen molar-refractivity contribution in [3.05, 3.63) is 0 Å². The summed E-state index contributed by atoms with van der Waals surface area (Å²) >= 11 is 0. The monoisotopic (exact) mass is 177 g/mol. The minimum Gasteiger partial charge on any atom is -0.312 e. The van der Waals surface area contributed by atoms with Crippen molar-refractivity contribution in [1.29, 1.82) is 0 Å². The van der Waals surface area contributed by atoms with E-state index in [9.17, 15) is 4.21 Å². The van der Waals surface area contributed by atoms with Gasteiger partial charge in [-0.05, 0) is 33.7 Å². The third kappa shape index (κ3) is 10.1. The van der Waals surface area contributed by atoms with Crippen LogP contribution in [0.3, 0.4) is 0 Å². The van der Waals surface area contributed by atoms with Crippen LogP contribution in [-0.2, 0) is 10.8 Å². The Bertz CT molecular complexity index is 129. The van der Waals surface area contributed by atoms with Crippen molar-refractivity contribution >= 4 is 10.8 Å². The Morgan fingerprint density at radius 1 is 1.36 bits per heavy atom. The SMILES string of the molecule is CS(=O)CCCNC(C)(C)C. The van der Waals surface area contributed by atoms with Crippen molar-refractivity contribution in [3.8, 4) is 0 Å². The van der Waals surface area contributed by atoms with E-state index in [2.05, 4.69) is 26.1 Å². The first-order valence-corrected chi connectivity index (χ1v) is 5.69. The van der Waals surface area contributed by atoms with Crippen LogP contribution in [0.25, 0.3) is 0 Å². The Labute approximate surface area is 72.2 Å². The molecule has 0 spiro atoms. The van der Waals surface area contributed by atoms with E-state index >= 15 is 0 Å². The van der Waals surface area contributed by atoms with Crippen molar-refractivity contribution < 1.29 is 4.21 Å². The van der Waals surface area contributed by atoms with Crippen LogP contribution in [-0.4, -0.2) is 28.3 Å². The quantitative estimate of drug-likeness (QED) is 0.653. The fourth-order valence-electron chi connectivity index (χ4n) is 0.739. The van der Waals surface area contributed by atoms with E-state index in [1.807, 2.05) is 0 Å². The molecule has 0 saturated heterocycles. The zero-order valence-electron chi connectivity index (χ0n) is 7.94. The summed E-state index contributed by atoms with van der Waals surface area (Å²) in [5.41, 5.74) is 0.190. The van der Waals surface area contributed by atoms with Crippen LogP contribution in [0.4, 0.5) is 0 Å². The van der Waals surface area contributed by atoms with E-state index in [1.165, 1.54) is 0 Å². The molecule has 0 radical (unpaired) electrons. The van der Waals surface area contributed by atoms with Crippen LogP contribution in [0.2, 0.25) is 0 Å². The second kappa shape index (κ2) is 4.88. The molecule has 0 aromatic heterocycles. The van der Waals surface area contributed by atoms with E-state index in [1.54, 1.807) is 6.26 Å². The van der Waals surface area contributed by atoms with Crippen molar-refractivity contribution in [2.45, 2.75) is 32.7 Å². The van der Waals surface area contributed by atoms with Gasteiger partial charge in [0.05, 0.1) is 0 Å². The highest BCUT2D eigenvalue weighted by molar-refractivity contribution is 7.84. The maximum atomic E-state index is 10.7. The van der Waals surface area contributed by atoms with Crippen molar-refractivity contribution in [2.75, 3.05) is 18.6 Å². The summed E-state index contributed by atoms with van der Waals surface area (Å²) in [5, 5.41) is 3.34. The van der Waals surface area contributed by atoms with Crippen molar-refractivity contribution in [3.63, 3.8) is 0 Å². The molecule has 68 valence electrons. The summed E-state index contributed by atoms with van der Waals surface area (Å²) in [7, 11) is -0.634. The van der Waals surface area contributed by atoms with Crippen LogP contribution < -0.4 is 5.32 Å². The lowest BCUT2D eigenvalue weighted by Gasteiger charge is -2.20. The maximum Gasteiger partial charge on any atom is 0.0244 e. The van der Waals surface area contributed by atoms with E-state index < -0.39 is 10.8 Å². The van der Waals surface area contributed by atoms with Gasteiger partial charge in [-0.25, -0.2) is 0 Å². The van der Waals surface area contributed by atoms with E-state index in [0.717, 1.165) is 18.7 Å². The Kier molecular flexibility index (Phi) is 4.93. The molecule has 0 aromatic rings. The average Bonchev–Trinajstić information content (AvgIpc) is 1.78. The second-order valence-corrected chi connectivity index (χ2v) is 5.36. The highest BCUT2D eigenvalue weighted by atomic mass is 32.2. The molecule has 2 nitrogen and oxygen atoms in total. The van der Waals surface area contributed by atoms with Gasteiger partial charge in [0, 0.05) is 28.3 Å². The van der Waals surface area contributed by atoms with Gasteiger partial charge in [0.1, 0.15) is 0 Å². The lowest BCUT2D eigenvalue weighted by Crippen LogP contribution is -2.36.